The molecule has 0 spiro atoms. The molecule has 8 heteroatoms. The number of rotatable bonds is 10. The average molecular weight is 445 g/mol. The van der Waals surface area contributed by atoms with E-state index in [1.54, 1.807) is 18.9 Å². The Morgan fingerprint density at radius 1 is 1.26 bits per heavy atom. The molecule has 1 aliphatic carbocycles. The third-order valence-electron chi connectivity index (χ3n) is 5.67. The Kier molecular flexibility index (Phi) is 9.06. The van der Waals surface area contributed by atoms with Crippen LogP contribution in [0.15, 0.2) is 28.3 Å². The molecule has 1 saturated carbocycles. The standard InChI is InChI=1S/C23H36N6OS/c1-5-24-22(26-16-18-13-12-17(2)15-20(18)30-3)25-14-8-11-21-27-28-23(31-4)29(21)19-9-6-7-10-19/h12-13,15,19H,5-11,14,16H2,1-4H3,(H2,24,25,26). The van der Waals surface area contributed by atoms with E-state index in [9.17, 15) is 0 Å². The molecule has 0 amide bonds. The van der Waals surface area contributed by atoms with Gasteiger partial charge in [-0.1, -0.05) is 36.7 Å². The number of nitrogens with zero attached hydrogens (tertiary/aromatic N) is 4. The van der Waals surface area contributed by atoms with Crippen molar-refractivity contribution in [2.75, 3.05) is 26.5 Å². The van der Waals surface area contributed by atoms with Gasteiger partial charge in [-0.2, -0.15) is 0 Å². The van der Waals surface area contributed by atoms with Gasteiger partial charge >= 0.3 is 0 Å². The van der Waals surface area contributed by atoms with Crippen LogP contribution in [0.2, 0.25) is 0 Å². The highest BCUT2D eigenvalue weighted by Gasteiger charge is 2.23. The van der Waals surface area contributed by atoms with Gasteiger partial charge in [0.2, 0.25) is 0 Å². The lowest BCUT2D eigenvalue weighted by molar-refractivity contribution is 0.409. The predicted molar refractivity (Wildman–Crippen MR) is 128 cm³/mol. The van der Waals surface area contributed by atoms with Gasteiger partial charge < -0.3 is 19.9 Å². The number of methoxy groups -OCH3 is 1. The van der Waals surface area contributed by atoms with Gasteiger partial charge in [0.15, 0.2) is 11.1 Å². The zero-order chi connectivity index (χ0) is 22.1. The minimum absolute atomic E-state index is 0.573. The maximum Gasteiger partial charge on any atom is 0.191 e. The second-order valence-electron chi connectivity index (χ2n) is 7.95. The first kappa shape index (κ1) is 23.4. The molecule has 1 aliphatic rings. The summed E-state index contributed by atoms with van der Waals surface area (Å²) >= 11 is 1.70. The lowest BCUT2D eigenvalue weighted by Crippen LogP contribution is -2.38. The van der Waals surface area contributed by atoms with Crippen molar-refractivity contribution in [2.24, 2.45) is 4.99 Å². The molecule has 1 fully saturated rings. The van der Waals surface area contributed by atoms with Crippen molar-refractivity contribution in [3.8, 4) is 5.75 Å². The molecule has 0 atom stereocenters. The molecule has 7 nitrogen and oxygen atoms in total. The van der Waals surface area contributed by atoms with Crippen molar-refractivity contribution in [2.45, 2.75) is 70.1 Å². The zero-order valence-corrected chi connectivity index (χ0v) is 20.1. The Labute approximate surface area is 190 Å². The second kappa shape index (κ2) is 12.0. The van der Waals surface area contributed by atoms with Crippen LogP contribution < -0.4 is 15.4 Å². The summed E-state index contributed by atoms with van der Waals surface area (Å²) in [5.41, 5.74) is 2.27. The highest BCUT2D eigenvalue weighted by Crippen LogP contribution is 2.33. The minimum Gasteiger partial charge on any atom is -0.496 e. The quantitative estimate of drug-likeness (QED) is 0.248. The van der Waals surface area contributed by atoms with E-state index in [0.29, 0.717) is 12.6 Å². The summed E-state index contributed by atoms with van der Waals surface area (Å²) in [6.07, 6.45) is 9.10. The maximum atomic E-state index is 5.50. The van der Waals surface area contributed by atoms with E-state index in [-0.39, 0.29) is 0 Å². The zero-order valence-electron chi connectivity index (χ0n) is 19.3. The monoisotopic (exact) mass is 444 g/mol. The van der Waals surface area contributed by atoms with Gasteiger partial charge in [0, 0.05) is 31.1 Å². The van der Waals surface area contributed by atoms with Crippen LogP contribution in [-0.4, -0.2) is 47.2 Å². The molecular formula is C23H36N6OS. The van der Waals surface area contributed by atoms with Gasteiger partial charge in [-0.05, 0) is 51.0 Å². The molecule has 3 rings (SSSR count). The third kappa shape index (κ3) is 6.38. The summed E-state index contributed by atoms with van der Waals surface area (Å²) in [6, 6.07) is 6.80. The normalized spacial score (nSPS) is 14.8. The highest BCUT2D eigenvalue weighted by atomic mass is 32.2. The number of ether oxygens (including phenoxy) is 1. The fraction of sp³-hybridized carbons (Fsp3) is 0.609. The van der Waals surface area contributed by atoms with Crippen molar-refractivity contribution >= 4 is 17.7 Å². The topological polar surface area (TPSA) is 76.4 Å². The summed E-state index contributed by atoms with van der Waals surface area (Å²) in [6.45, 7) is 6.38. The number of aromatic nitrogens is 3. The Morgan fingerprint density at radius 2 is 2.06 bits per heavy atom. The Bertz CT molecular complexity index is 860. The van der Waals surface area contributed by atoms with Gasteiger partial charge in [-0.3, -0.25) is 0 Å². The molecule has 31 heavy (non-hydrogen) atoms. The SMILES string of the molecule is CCNC(=NCc1ccc(C)cc1OC)NCCCc1nnc(SC)n1C1CCCC1. The van der Waals surface area contributed by atoms with E-state index >= 15 is 0 Å². The molecular weight excluding hydrogens is 408 g/mol. The maximum absolute atomic E-state index is 5.50. The molecule has 170 valence electrons. The number of aryl methyl sites for hydroxylation is 2. The molecule has 1 aromatic heterocycles. The summed E-state index contributed by atoms with van der Waals surface area (Å²) in [5, 5.41) is 16.7. The van der Waals surface area contributed by atoms with Crippen molar-refractivity contribution < 1.29 is 4.74 Å². The van der Waals surface area contributed by atoms with Crippen LogP contribution in [0.4, 0.5) is 0 Å². The van der Waals surface area contributed by atoms with Gasteiger partial charge in [-0.15, -0.1) is 10.2 Å². The van der Waals surface area contributed by atoms with Crippen LogP contribution >= 0.6 is 11.8 Å². The molecule has 0 aliphatic heterocycles. The van der Waals surface area contributed by atoms with E-state index in [0.717, 1.165) is 54.2 Å². The van der Waals surface area contributed by atoms with Gasteiger partial charge in [-0.25, -0.2) is 4.99 Å². The number of thioether (sulfide) groups is 1. The first-order valence-corrected chi connectivity index (χ1v) is 12.5. The predicted octanol–water partition coefficient (Wildman–Crippen LogP) is 4.12. The summed E-state index contributed by atoms with van der Waals surface area (Å²) in [7, 11) is 1.71. The van der Waals surface area contributed by atoms with Gasteiger partial charge in [0.1, 0.15) is 11.6 Å². The Balaban J connectivity index is 1.55. The molecule has 2 N–H and O–H groups in total. The molecule has 0 unspecified atom stereocenters. The highest BCUT2D eigenvalue weighted by molar-refractivity contribution is 7.98. The van der Waals surface area contributed by atoms with Crippen LogP contribution in [0.5, 0.6) is 5.75 Å². The van der Waals surface area contributed by atoms with Crippen LogP contribution in [0, 0.1) is 6.92 Å². The van der Waals surface area contributed by atoms with Gasteiger partial charge in [0.25, 0.3) is 0 Å². The third-order valence-corrected chi connectivity index (χ3v) is 6.31. The number of guanidine groups is 1. The number of nitrogens with one attached hydrogen (secondary N) is 2. The fourth-order valence-corrected chi connectivity index (χ4v) is 4.66. The van der Waals surface area contributed by atoms with Gasteiger partial charge in [0.05, 0.1) is 13.7 Å². The first-order valence-electron chi connectivity index (χ1n) is 11.3. The Morgan fingerprint density at radius 3 is 2.77 bits per heavy atom. The molecule has 1 heterocycles. The smallest absolute Gasteiger partial charge is 0.191 e. The van der Waals surface area contributed by atoms with Crippen LogP contribution in [-0.2, 0) is 13.0 Å². The average Bonchev–Trinajstić information content (AvgIpc) is 3.44. The molecule has 0 bridgehead atoms. The summed E-state index contributed by atoms with van der Waals surface area (Å²) in [5.74, 6) is 2.83. The van der Waals surface area contributed by atoms with E-state index in [1.165, 1.54) is 31.2 Å². The van der Waals surface area contributed by atoms with Crippen LogP contribution in [0.3, 0.4) is 0 Å². The second-order valence-corrected chi connectivity index (χ2v) is 8.73. The lowest BCUT2D eigenvalue weighted by atomic mass is 10.1. The molecule has 1 aromatic carbocycles. The fourth-order valence-electron chi connectivity index (χ4n) is 4.09. The number of benzene rings is 1. The van der Waals surface area contributed by atoms with Crippen LogP contribution in [0.25, 0.3) is 0 Å². The van der Waals surface area contributed by atoms with Crippen molar-refractivity contribution in [1.82, 2.24) is 25.4 Å². The molecule has 2 aromatic rings. The number of aliphatic imine (C=N–C) groups is 1. The van der Waals surface area contributed by atoms with E-state index in [1.807, 2.05) is 0 Å². The first-order chi connectivity index (χ1) is 15.2. The Hall–Kier alpha value is -2.22. The van der Waals surface area contributed by atoms with Crippen molar-refractivity contribution in [1.29, 1.82) is 0 Å². The number of hydrogen-bond donors (Lipinski definition) is 2. The summed E-state index contributed by atoms with van der Waals surface area (Å²) in [4.78, 5) is 4.74. The van der Waals surface area contributed by atoms with E-state index in [2.05, 4.69) is 63.7 Å². The minimum atomic E-state index is 0.573. The van der Waals surface area contributed by atoms with Crippen molar-refractivity contribution in [3.05, 3.63) is 35.2 Å². The van der Waals surface area contributed by atoms with E-state index < -0.39 is 0 Å². The lowest BCUT2D eigenvalue weighted by Gasteiger charge is -2.16. The van der Waals surface area contributed by atoms with Crippen LogP contribution in [0.1, 0.15) is 62.0 Å². The molecule has 0 radical (unpaired) electrons. The van der Waals surface area contributed by atoms with Crippen molar-refractivity contribution in [3.63, 3.8) is 0 Å². The van der Waals surface area contributed by atoms with E-state index in [4.69, 9.17) is 9.73 Å². The largest absolute Gasteiger partial charge is 0.496 e. The summed E-state index contributed by atoms with van der Waals surface area (Å²) < 4.78 is 7.89. The number of hydrogen-bond acceptors (Lipinski definition) is 5. The molecule has 0 saturated heterocycles.